The van der Waals surface area contributed by atoms with Crippen molar-refractivity contribution in [1.29, 1.82) is 0 Å². The van der Waals surface area contributed by atoms with Gasteiger partial charge >= 0.3 is 5.97 Å². The zero-order valence-corrected chi connectivity index (χ0v) is 21.4. The Balaban J connectivity index is 1.25. The Morgan fingerprint density at radius 3 is 2.64 bits per heavy atom. The standard InChI is InChI=1S/C29H44O4/c1-17-8-13-29(31-16-17)18(2)26-25(33-29)15-24-22-7-6-20-14-21(32-19(3)30)9-11-27(20,4)23(22)10-12-28(24,26)5/h10,17-18,20-22,24-26H,6-9,11-16H2,1-5H3/t17-,18+,20+,21+,22-,24?,25+,26+,27+,28+,29-/m1/s1. The number of esters is 1. The average Bonchev–Trinajstić information content (AvgIpc) is 3.21. The molecule has 4 aliphatic carbocycles. The van der Waals surface area contributed by atoms with Crippen LogP contribution in [0.1, 0.15) is 92.4 Å². The molecule has 0 radical (unpaired) electrons. The number of hydrogen-bond acceptors (Lipinski definition) is 4. The fourth-order valence-electron chi connectivity index (χ4n) is 9.85. The van der Waals surface area contributed by atoms with Crippen molar-refractivity contribution in [3.8, 4) is 0 Å². The molecule has 184 valence electrons. The molecule has 6 rings (SSSR count). The number of carbonyl (C=O) groups excluding carboxylic acids is 1. The first kappa shape index (κ1) is 22.6. The van der Waals surface area contributed by atoms with Gasteiger partial charge in [-0.1, -0.05) is 39.3 Å². The van der Waals surface area contributed by atoms with Gasteiger partial charge < -0.3 is 14.2 Å². The topological polar surface area (TPSA) is 44.8 Å². The van der Waals surface area contributed by atoms with Crippen LogP contribution in [0.3, 0.4) is 0 Å². The van der Waals surface area contributed by atoms with E-state index >= 15 is 0 Å². The summed E-state index contributed by atoms with van der Waals surface area (Å²) >= 11 is 0. The molecule has 0 aromatic heterocycles. The molecule has 4 heteroatoms. The van der Waals surface area contributed by atoms with Gasteiger partial charge in [0.15, 0.2) is 5.79 Å². The molecule has 5 fully saturated rings. The van der Waals surface area contributed by atoms with E-state index in [-0.39, 0.29) is 23.3 Å². The largest absolute Gasteiger partial charge is 0.463 e. The van der Waals surface area contributed by atoms with Gasteiger partial charge in [-0.15, -0.1) is 0 Å². The molecule has 1 unspecified atom stereocenters. The van der Waals surface area contributed by atoms with Gasteiger partial charge in [0.1, 0.15) is 6.10 Å². The molecule has 3 saturated carbocycles. The van der Waals surface area contributed by atoms with Crippen LogP contribution in [0.2, 0.25) is 0 Å². The minimum absolute atomic E-state index is 0.120. The number of carbonyl (C=O) groups is 1. The van der Waals surface area contributed by atoms with E-state index in [1.54, 1.807) is 12.5 Å². The number of rotatable bonds is 1. The molecule has 1 spiro atoms. The minimum Gasteiger partial charge on any atom is -0.463 e. The number of allylic oxidation sites excluding steroid dienone is 2. The third-order valence-electron chi connectivity index (χ3n) is 11.6. The summed E-state index contributed by atoms with van der Waals surface area (Å²) in [6.07, 6.45) is 13.7. The van der Waals surface area contributed by atoms with Gasteiger partial charge in [0, 0.05) is 19.3 Å². The molecule has 33 heavy (non-hydrogen) atoms. The molecule has 4 nitrogen and oxygen atoms in total. The van der Waals surface area contributed by atoms with Crippen LogP contribution < -0.4 is 0 Å². The van der Waals surface area contributed by atoms with Crippen LogP contribution in [0.25, 0.3) is 0 Å². The SMILES string of the molecule is CC(=O)O[C@H]1CC[C@]2(C)C3=CC[C@@]4(C)C(C[C@@H]5O[C@]6(CC[C@@H](C)CO6)[C@@H](C)[C@@H]54)[C@@H]3CC[C@H]2C1. The molecule has 0 bridgehead atoms. The predicted molar refractivity (Wildman–Crippen MR) is 127 cm³/mol. The summed E-state index contributed by atoms with van der Waals surface area (Å²) in [5.41, 5.74) is 2.37. The normalized spacial score (nSPS) is 55.2. The van der Waals surface area contributed by atoms with Crippen molar-refractivity contribution >= 4 is 5.97 Å². The van der Waals surface area contributed by atoms with E-state index in [1.165, 1.54) is 32.1 Å². The van der Waals surface area contributed by atoms with Crippen molar-refractivity contribution in [3.05, 3.63) is 11.6 Å². The van der Waals surface area contributed by atoms with E-state index in [0.717, 1.165) is 38.2 Å². The molecular weight excluding hydrogens is 412 g/mol. The zero-order valence-electron chi connectivity index (χ0n) is 21.4. The van der Waals surface area contributed by atoms with E-state index in [9.17, 15) is 4.79 Å². The minimum atomic E-state index is -0.321. The second-order valence-electron chi connectivity index (χ2n) is 13.3. The van der Waals surface area contributed by atoms with Crippen LogP contribution in [0.5, 0.6) is 0 Å². The summed E-state index contributed by atoms with van der Waals surface area (Å²) in [4.78, 5) is 11.5. The molecule has 0 N–H and O–H groups in total. The Kier molecular flexibility index (Phi) is 5.18. The summed E-state index contributed by atoms with van der Waals surface area (Å²) < 4.78 is 19.0. The van der Waals surface area contributed by atoms with Gasteiger partial charge in [0.25, 0.3) is 0 Å². The second kappa shape index (κ2) is 7.56. The molecule has 2 heterocycles. The van der Waals surface area contributed by atoms with Crippen molar-refractivity contribution in [1.82, 2.24) is 0 Å². The maximum atomic E-state index is 11.5. The van der Waals surface area contributed by atoms with Crippen LogP contribution in [0, 0.1) is 46.3 Å². The highest BCUT2D eigenvalue weighted by Gasteiger charge is 2.67. The van der Waals surface area contributed by atoms with Crippen molar-refractivity contribution in [2.24, 2.45) is 46.3 Å². The van der Waals surface area contributed by atoms with Crippen molar-refractivity contribution in [3.63, 3.8) is 0 Å². The number of fused-ring (bicyclic) bond motifs is 7. The summed E-state index contributed by atoms with van der Waals surface area (Å²) in [6.45, 7) is 12.3. The predicted octanol–water partition coefficient (Wildman–Crippen LogP) is 6.28. The van der Waals surface area contributed by atoms with Crippen molar-refractivity contribution in [2.75, 3.05) is 6.61 Å². The molecule has 0 amide bonds. The highest BCUT2D eigenvalue weighted by Crippen LogP contribution is 2.69. The van der Waals surface area contributed by atoms with Crippen LogP contribution in [-0.4, -0.2) is 30.6 Å². The van der Waals surface area contributed by atoms with E-state index < -0.39 is 0 Å². The lowest BCUT2D eigenvalue weighted by Crippen LogP contribution is -2.51. The third kappa shape index (κ3) is 3.18. The Hall–Kier alpha value is -0.870. The highest BCUT2D eigenvalue weighted by atomic mass is 16.7. The number of ether oxygens (including phenoxy) is 3. The average molecular weight is 457 g/mol. The quantitative estimate of drug-likeness (QED) is 0.344. The summed E-state index contributed by atoms with van der Waals surface area (Å²) in [5, 5.41) is 0. The Morgan fingerprint density at radius 1 is 1.09 bits per heavy atom. The first-order chi connectivity index (χ1) is 15.7. The maximum Gasteiger partial charge on any atom is 0.302 e. The molecule has 11 atom stereocenters. The Morgan fingerprint density at radius 2 is 1.91 bits per heavy atom. The van der Waals surface area contributed by atoms with Crippen LogP contribution in [0.4, 0.5) is 0 Å². The number of hydrogen-bond donors (Lipinski definition) is 0. The fourth-order valence-corrected chi connectivity index (χ4v) is 9.85. The smallest absolute Gasteiger partial charge is 0.302 e. The lowest BCUT2D eigenvalue weighted by atomic mass is 9.48. The van der Waals surface area contributed by atoms with Gasteiger partial charge in [0.2, 0.25) is 0 Å². The second-order valence-corrected chi connectivity index (χ2v) is 13.3. The van der Waals surface area contributed by atoms with Crippen LogP contribution in [0.15, 0.2) is 11.6 Å². The van der Waals surface area contributed by atoms with E-state index in [2.05, 4.69) is 33.8 Å². The molecule has 6 aliphatic rings. The third-order valence-corrected chi connectivity index (χ3v) is 11.6. The van der Waals surface area contributed by atoms with Crippen molar-refractivity contribution in [2.45, 2.75) is 110 Å². The van der Waals surface area contributed by atoms with Gasteiger partial charge in [-0.05, 0) is 91.8 Å². The lowest BCUT2D eigenvalue weighted by Gasteiger charge is -2.57. The van der Waals surface area contributed by atoms with Gasteiger partial charge in [0.05, 0.1) is 12.7 Å². The van der Waals surface area contributed by atoms with E-state index in [0.29, 0.717) is 41.1 Å². The molecule has 0 aromatic carbocycles. The van der Waals surface area contributed by atoms with Gasteiger partial charge in [-0.2, -0.15) is 0 Å². The molecule has 2 saturated heterocycles. The summed E-state index contributed by atoms with van der Waals surface area (Å²) in [6, 6.07) is 0. The van der Waals surface area contributed by atoms with E-state index in [4.69, 9.17) is 14.2 Å². The van der Waals surface area contributed by atoms with Gasteiger partial charge in [-0.25, -0.2) is 0 Å². The highest BCUT2D eigenvalue weighted by molar-refractivity contribution is 5.66. The monoisotopic (exact) mass is 456 g/mol. The Labute approximate surface area is 200 Å². The molecular formula is C29H44O4. The molecule has 0 aromatic rings. The maximum absolute atomic E-state index is 11.5. The van der Waals surface area contributed by atoms with Gasteiger partial charge in [-0.3, -0.25) is 4.79 Å². The van der Waals surface area contributed by atoms with E-state index in [1.807, 2.05) is 0 Å². The summed E-state index contributed by atoms with van der Waals surface area (Å²) in [7, 11) is 0. The lowest BCUT2D eigenvalue weighted by molar-refractivity contribution is -0.272. The fraction of sp³-hybridized carbons (Fsp3) is 0.897. The first-order valence-electron chi connectivity index (χ1n) is 13.9. The summed E-state index contributed by atoms with van der Waals surface area (Å²) in [5.74, 6) is 3.40. The molecule has 2 aliphatic heterocycles. The van der Waals surface area contributed by atoms with Crippen molar-refractivity contribution < 1.29 is 19.0 Å². The van der Waals surface area contributed by atoms with Crippen LogP contribution >= 0.6 is 0 Å². The zero-order chi connectivity index (χ0) is 23.2. The first-order valence-corrected chi connectivity index (χ1v) is 13.9. The van der Waals surface area contributed by atoms with Crippen LogP contribution in [-0.2, 0) is 19.0 Å². The Bertz CT molecular complexity index is 841.